The number of carbonyl (C=O) groups excluding carboxylic acids is 1. The number of hydrogen-bond donors (Lipinski definition) is 2. The average Bonchev–Trinajstić information content (AvgIpc) is 2.86. The zero-order valence-electron chi connectivity index (χ0n) is 9.35. The van der Waals surface area contributed by atoms with Gasteiger partial charge in [-0.3, -0.25) is 4.79 Å². The van der Waals surface area contributed by atoms with Crippen molar-refractivity contribution in [2.45, 2.75) is 32.2 Å². The summed E-state index contributed by atoms with van der Waals surface area (Å²) in [4.78, 5) is 22.7. The van der Waals surface area contributed by atoms with Gasteiger partial charge in [-0.25, -0.2) is 4.79 Å². The van der Waals surface area contributed by atoms with Crippen LogP contribution < -0.4 is 5.32 Å². The molecule has 0 aromatic heterocycles. The molecule has 0 aliphatic heterocycles. The van der Waals surface area contributed by atoms with E-state index in [1.807, 2.05) is 0 Å². The fourth-order valence-electron chi connectivity index (χ4n) is 2.70. The molecular formula is C12H17NO3. The minimum absolute atomic E-state index is 0.0107. The number of rotatable bonds is 4. The second kappa shape index (κ2) is 4.28. The Bertz CT molecular complexity index is 337. The van der Waals surface area contributed by atoms with Gasteiger partial charge in [0.1, 0.15) is 6.04 Å². The van der Waals surface area contributed by atoms with Gasteiger partial charge < -0.3 is 10.4 Å². The molecule has 0 spiro atoms. The lowest BCUT2D eigenvalue weighted by Gasteiger charge is -2.20. The zero-order valence-corrected chi connectivity index (χ0v) is 9.35. The molecule has 88 valence electrons. The standard InChI is InChI=1S/C12H17NO3/c1-2-10(12(15)16)13-11(14)9-6-7-3-4-8(9)5-7/h3-4,7-10H,2,5-6H2,1H3,(H,13,14)(H,15,16)/t7?,8?,9?,10-/m0/s1. The van der Waals surface area contributed by atoms with Gasteiger partial charge in [-0.1, -0.05) is 19.1 Å². The van der Waals surface area contributed by atoms with Crippen molar-refractivity contribution in [2.75, 3.05) is 0 Å². The lowest BCUT2D eigenvalue weighted by Crippen LogP contribution is -2.44. The number of carboxylic acids is 1. The first-order chi connectivity index (χ1) is 7.61. The monoisotopic (exact) mass is 223 g/mol. The van der Waals surface area contributed by atoms with Gasteiger partial charge in [0, 0.05) is 5.92 Å². The summed E-state index contributed by atoms with van der Waals surface area (Å²) >= 11 is 0. The summed E-state index contributed by atoms with van der Waals surface area (Å²) in [7, 11) is 0. The first kappa shape index (κ1) is 11.2. The molecule has 3 unspecified atom stereocenters. The van der Waals surface area contributed by atoms with E-state index < -0.39 is 12.0 Å². The van der Waals surface area contributed by atoms with E-state index in [9.17, 15) is 9.59 Å². The number of fused-ring (bicyclic) bond motifs is 2. The van der Waals surface area contributed by atoms with Gasteiger partial charge in [0.15, 0.2) is 0 Å². The van der Waals surface area contributed by atoms with Crippen LogP contribution in [0.15, 0.2) is 12.2 Å². The highest BCUT2D eigenvalue weighted by atomic mass is 16.4. The Morgan fingerprint density at radius 1 is 1.44 bits per heavy atom. The summed E-state index contributed by atoms with van der Waals surface area (Å²) in [5.41, 5.74) is 0. The van der Waals surface area contributed by atoms with Crippen LogP contribution in [0.3, 0.4) is 0 Å². The maximum absolute atomic E-state index is 11.9. The fraction of sp³-hybridized carbons (Fsp3) is 0.667. The van der Waals surface area contributed by atoms with Crippen LogP contribution in [0.2, 0.25) is 0 Å². The molecule has 2 aliphatic carbocycles. The van der Waals surface area contributed by atoms with E-state index >= 15 is 0 Å². The minimum Gasteiger partial charge on any atom is -0.480 e. The molecule has 4 atom stereocenters. The highest BCUT2D eigenvalue weighted by Crippen LogP contribution is 2.43. The fourth-order valence-corrected chi connectivity index (χ4v) is 2.70. The van der Waals surface area contributed by atoms with Crippen molar-refractivity contribution < 1.29 is 14.7 Å². The van der Waals surface area contributed by atoms with Gasteiger partial charge in [-0.15, -0.1) is 0 Å². The van der Waals surface area contributed by atoms with Crippen molar-refractivity contribution in [3.8, 4) is 0 Å². The Kier molecular flexibility index (Phi) is 2.99. The highest BCUT2D eigenvalue weighted by molar-refractivity contribution is 5.85. The first-order valence-electron chi connectivity index (χ1n) is 5.83. The molecule has 1 amide bonds. The molecule has 0 aromatic rings. The van der Waals surface area contributed by atoms with E-state index in [-0.39, 0.29) is 11.8 Å². The molecule has 16 heavy (non-hydrogen) atoms. The molecule has 0 radical (unpaired) electrons. The third-order valence-corrected chi connectivity index (χ3v) is 3.64. The van der Waals surface area contributed by atoms with Crippen LogP contribution in [0.5, 0.6) is 0 Å². The Balaban J connectivity index is 1.93. The summed E-state index contributed by atoms with van der Waals surface area (Å²) in [6.45, 7) is 1.76. The van der Waals surface area contributed by atoms with Crippen LogP contribution in [0, 0.1) is 17.8 Å². The molecule has 0 saturated heterocycles. The number of aliphatic carboxylic acids is 1. The molecule has 0 heterocycles. The third-order valence-electron chi connectivity index (χ3n) is 3.64. The quantitative estimate of drug-likeness (QED) is 0.703. The summed E-state index contributed by atoms with van der Waals surface area (Å²) in [5.74, 6) is -0.189. The number of amides is 1. The van der Waals surface area contributed by atoms with Gasteiger partial charge in [-0.2, -0.15) is 0 Å². The van der Waals surface area contributed by atoms with Gasteiger partial charge in [0.25, 0.3) is 0 Å². The van der Waals surface area contributed by atoms with Crippen molar-refractivity contribution in [3.05, 3.63) is 12.2 Å². The summed E-state index contributed by atoms with van der Waals surface area (Å²) < 4.78 is 0. The average molecular weight is 223 g/mol. The molecule has 4 nitrogen and oxygen atoms in total. The van der Waals surface area contributed by atoms with Crippen LogP contribution in [-0.2, 0) is 9.59 Å². The van der Waals surface area contributed by atoms with Crippen LogP contribution >= 0.6 is 0 Å². The molecule has 0 aromatic carbocycles. The maximum atomic E-state index is 11.9. The number of nitrogens with one attached hydrogen (secondary N) is 1. The largest absolute Gasteiger partial charge is 0.480 e. The normalized spacial score (nSPS) is 32.7. The topological polar surface area (TPSA) is 66.4 Å². The number of allylic oxidation sites excluding steroid dienone is 2. The van der Waals surface area contributed by atoms with Crippen LogP contribution in [0.1, 0.15) is 26.2 Å². The van der Waals surface area contributed by atoms with Gasteiger partial charge in [-0.05, 0) is 31.1 Å². The van der Waals surface area contributed by atoms with Crippen molar-refractivity contribution >= 4 is 11.9 Å². The van der Waals surface area contributed by atoms with E-state index in [4.69, 9.17) is 5.11 Å². The summed E-state index contributed by atoms with van der Waals surface area (Å²) in [6, 6.07) is -0.740. The van der Waals surface area contributed by atoms with E-state index in [1.165, 1.54) is 0 Å². The van der Waals surface area contributed by atoms with Gasteiger partial charge in [0.05, 0.1) is 0 Å². The first-order valence-corrected chi connectivity index (χ1v) is 5.83. The van der Waals surface area contributed by atoms with Crippen molar-refractivity contribution in [3.63, 3.8) is 0 Å². The second-order valence-corrected chi connectivity index (χ2v) is 4.69. The maximum Gasteiger partial charge on any atom is 0.326 e. The van der Waals surface area contributed by atoms with Crippen LogP contribution in [-0.4, -0.2) is 23.0 Å². The van der Waals surface area contributed by atoms with Crippen molar-refractivity contribution in [2.24, 2.45) is 17.8 Å². The van der Waals surface area contributed by atoms with E-state index in [2.05, 4.69) is 17.5 Å². The Hall–Kier alpha value is -1.32. The molecular weight excluding hydrogens is 206 g/mol. The second-order valence-electron chi connectivity index (χ2n) is 4.69. The summed E-state index contributed by atoms with van der Waals surface area (Å²) in [5, 5.41) is 11.5. The Morgan fingerprint density at radius 2 is 2.19 bits per heavy atom. The number of hydrogen-bond acceptors (Lipinski definition) is 2. The Labute approximate surface area is 94.7 Å². The predicted octanol–water partition coefficient (Wildman–Crippen LogP) is 1.18. The highest BCUT2D eigenvalue weighted by Gasteiger charge is 2.40. The third kappa shape index (κ3) is 1.96. The molecule has 2 bridgehead atoms. The molecule has 1 fully saturated rings. The van der Waals surface area contributed by atoms with E-state index in [1.54, 1.807) is 6.92 Å². The molecule has 4 heteroatoms. The van der Waals surface area contributed by atoms with E-state index in [0.29, 0.717) is 18.3 Å². The molecule has 1 saturated carbocycles. The molecule has 2 N–H and O–H groups in total. The molecule has 2 aliphatic rings. The predicted molar refractivity (Wildman–Crippen MR) is 58.7 cm³/mol. The van der Waals surface area contributed by atoms with Crippen molar-refractivity contribution in [1.29, 1.82) is 0 Å². The van der Waals surface area contributed by atoms with E-state index in [0.717, 1.165) is 12.8 Å². The van der Waals surface area contributed by atoms with Crippen LogP contribution in [0.4, 0.5) is 0 Å². The smallest absolute Gasteiger partial charge is 0.326 e. The lowest BCUT2D eigenvalue weighted by molar-refractivity contribution is -0.142. The SMILES string of the molecule is CC[C@H](NC(=O)C1CC2C=CC1C2)C(=O)O. The number of carbonyl (C=O) groups is 2. The van der Waals surface area contributed by atoms with Gasteiger partial charge in [0.2, 0.25) is 5.91 Å². The summed E-state index contributed by atoms with van der Waals surface area (Å²) in [6.07, 6.45) is 6.63. The molecule has 2 rings (SSSR count). The number of carboxylic acid groups (broad SMARTS) is 1. The van der Waals surface area contributed by atoms with Crippen LogP contribution in [0.25, 0.3) is 0 Å². The Morgan fingerprint density at radius 3 is 2.62 bits per heavy atom. The minimum atomic E-state index is -0.949. The van der Waals surface area contributed by atoms with Gasteiger partial charge >= 0.3 is 5.97 Å². The van der Waals surface area contributed by atoms with Crippen molar-refractivity contribution in [1.82, 2.24) is 5.32 Å². The lowest BCUT2D eigenvalue weighted by atomic mass is 9.92. The zero-order chi connectivity index (χ0) is 11.7.